The predicted molar refractivity (Wildman–Crippen MR) is 129 cm³/mol. The molecular formula is C29H38O4. The average Bonchev–Trinajstić information content (AvgIpc) is 3.52. The fourth-order valence-corrected chi connectivity index (χ4v) is 7.08. The number of rotatable bonds is 3. The highest BCUT2D eigenvalue weighted by Crippen LogP contribution is 2.65. The lowest BCUT2D eigenvalue weighted by Crippen LogP contribution is -2.46. The van der Waals surface area contributed by atoms with Crippen molar-refractivity contribution in [3.63, 3.8) is 0 Å². The number of epoxide rings is 1. The van der Waals surface area contributed by atoms with Crippen molar-refractivity contribution in [3.05, 3.63) is 53.6 Å². The Morgan fingerprint density at radius 3 is 2.67 bits per heavy atom. The van der Waals surface area contributed by atoms with Crippen LogP contribution in [0.5, 0.6) is 0 Å². The standard InChI is InChI=1S/C29H38O4/c1-18-15-22-21(27(22,3)4)13-14-28(5)26(33-28)24-25(31)19(2)17-29(24,16-18)32-23(30)12-11-20-9-7-6-8-10-20/h6-12,15,19,21-22,24-26,31H,13-14,16-17H2,1-5H3/t19-,21-,22+,24+,25-,26+,28-,29+/m0/s1. The molecule has 0 aromatic heterocycles. The highest BCUT2D eigenvalue weighted by atomic mass is 16.6. The van der Waals surface area contributed by atoms with Crippen molar-refractivity contribution in [2.24, 2.45) is 29.1 Å². The second-order valence-corrected chi connectivity index (χ2v) is 12.0. The van der Waals surface area contributed by atoms with Gasteiger partial charge in [0, 0.05) is 12.5 Å². The Kier molecular flexibility index (Phi) is 5.41. The van der Waals surface area contributed by atoms with Crippen LogP contribution in [0.1, 0.15) is 65.9 Å². The molecule has 4 aliphatic rings. The fourth-order valence-electron chi connectivity index (χ4n) is 7.08. The van der Waals surface area contributed by atoms with E-state index in [4.69, 9.17) is 9.47 Å². The summed E-state index contributed by atoms with van der Waals surface area (Å²) in [4.78, 5) is 13.1. The molecule has 0 amide bonds. The zero-order chi connectivity index (χ0) is 23.6. The minimum absolute atomic E-state index is 0.0511. The van der Waals surface area contributed by atoms with E-state index in [0.29, 0.717) is 30.1 Å². The van der Waals surface area contributed by atoms with Gasteiger partial charge in [0.25, 0.3) is 0 Å². The van der Waals surface area contributed by atoms with E-state index in [0.717, 1.165) is 18.4 Å². The molecule has 5 rings (SSSR count). The highest BCUT2D eigenvalue weighted by Gasteiger charge is 2.69. The van der Waals surface area contributed by atoms with Gasteiger partial charge in [-0.2, -0.15) is 0 Å². The van der Waals surface area contributed by atoms with Crippen LogP contribution in [0.4, 0.5) is 0 Å². The van der Waals surface area contributed by atoms with Gasteiger partial charge in [-0.3, -0.25) is 0 Å². The van der Waals surface area contributed by atoms with Gasteiger partial charge >= 0.3 is 5.97 Å². The van der Waals surface area contributed by atoms with Crippen LogP contribution in [-0.4, -0.2) is 34.5 Å². The average molecular weight is 451 g/mol. The van der Waals surface area contributed by atoms with E-state index in [1.54, 1.807) is 6.08 Å². The number of hydrogen-bond acceptors (Lipinski definition) is 4. The Hall–Kier alpha value is -1.91. The van der Waals surface area contributed by atoms with Gasteiger partial charge in [0.05, 0.1) is 23.7 Å². The molecule has 8 atom stereocenters. The summed E-state index contributed by atoms with van der Waals surface area (Å²) in [5, 5.41) is 11.3. The van der Waals surface area contributed by atoms with Crippen LogP contribution in [0, 0.1) is 29.1 Å². The second-order valence-electron chi connectivity index (χ2n) is 12.0. The lowest BCUT2D eigenvalue weighted by Gasteiger charge is -2.36. The predicted octanol–water partition coefficient (Wildman–Crippen LogP) is 5.56. The number of allylic oxidation sites excluding steroid dienone is 1. The molecule has 0 radical (unpaired) electrons. The van der Waals surface area contributed by atoms with E-state index < -0.39 is 11.7 Å². The summed E-state index contributed by atoms with van der Waals surface area (Å²) in [5.74, 6) is 0.722. The van der Waals surface area contributed by atoms with E-state index in [1.807, 2.05) is 30.3 Å². The Bertz CT molecular complexity index is 979. The number of fused-ring (bicyclic) bond motifs is 4. The highest BCUT2D eigenvalue weighted by molar-refractivity contribution is 5.87. The number of ether oxygens (including phenoxy) is 2. The van der Waals surface area contributed by atoms with Crippen molar-refractivity contribution in [2.75, 3.05) is 0 Å². The number of benzene rings is 1. The van der Waals surface area contributed by atoms with E-state index >= 15 is 0 Å². The molecule has 1 saturated heterocycles. The van der Waals surface area contributed by atoms with Gasteiger partial charge in [-0.25, -0.2) is 4.79 Å². The number of aliphatic hydroxyl groups excluding tert-OH is 1. The Labute approximate surface area is 198 Å². The third kappa shape index (κ3) is 4.00. The van der Waals surface area contributed by atoms with Crippen molar-refractivity contribution < 1.29 is 19.4 Å². The molecule has 0 bridgehead atoms. The summed E-state index contributed by atoms with van der Waals surface area (Å²) in [5.41, 5.74) is 1.53. The van der Waals surface area contributed by atoms with Crippen LogP contribution in [0.3, 0.4) is 0 Å². The first-order chi connectivity index (χ1) is 15.6. The van der Waals surface area contributed by atoms with Gasteiger partial charge in [0.15, 0.2) is 0 Å². The van der Waals surface area contributed by atoms with Crippen LogP contribution < -0.4 is 0 Å². The molecule has 3 aliphatic carbocycles. The molecule has 0 spiro atoms. The Morgan fingerprint density at radius 2 is 1.94 bits per heavy atom. The molecule has 2 saturated carbocycles. The molecule has 0 unspecified atom stereocenters. The van der Waals surface area contributed by atoms with E-state index in [9.17, 15) is 9.90 Å². The zero-order valence-electron chi connectivity index (χ0n) is 20.6. The third-order valence-electron chi connectivity index (χ3n) is 9.14. The molecule has 178 valence electrons. The first kappa shape index (κ1) is 22.9. The SMILES string of the molecule is CC1=C[C@@H]2[C@H](CC[C@]3(C)O[C@@H]3[C@H]3[C@@H](O)[C@@H](C)C[C@]3(OC(=O)C=Cc3ccccc3)C1)C2(C)C. The van der Waals surface area contributed by atoms with Gasteiger partial charge < -0.3 is 14.6 Å². The summed E-state index contributed by atoms with van der Waals surface area (Å²) >= 11 is 0. The molecule has 4 nitrogen and oxygen atoms in total. The summed E-state index contributed by atoms with van der Waals surface area (Å²) in [6, 6.07) is 9.78. The largest absolute Gasteiger partial charge is 0.455 e. The maximum atomic E-state index is 13.1. The molecule has 3 fully saturated rings. The van der Waals surface area contributed by atoms with Crippen LogP contribution in [0.2, 0.25) is 0 Å². The van der Waals surface area contributed by atoms with Crippen molar-refractivity contribution >= 4 is 12.0 Å². The van der Waals surface area contributed by atoms with E-state index in [2.05, 4.69) is 40.7 Å². The first-order valence-electron chi connectivity index (χ1n) is 12.5. The summed E-state index contributed by atoms with van der Waals surface area (Å²) in [6.07, 6.45) is 8.56. The smallest absolute Gasteiger partial charge is 0.331 e. The van der Waals surface area contributed by atoms with Gasteiger partial charge in [-0.15, -0.1) is 0 Å². The molecule has 4 heteroatoms. The Morgan fingerprint density at radius 1 is 1.21 bits per heavy atom. The molecule has 33 heavy (non-hydrogen) atoms. The van der Waals surface area contributed by atoms with Crippen molar-refractivity contribution in [1.82, 2.24) is 0 Å². The summed E-state index contributed by atoms with van der Waals surface area (Å²) in [7, 11) is 0. The van der Waals surface area contributed by atoms with Gasteiger partial charge in [-0.05, 0) is 67.9 Å². The minimum Gasteiger partial charge on any atom is -0.455 e. The fraction of sp³-hybridized carbons (Fsp3) is 0.621. The number of aliphatic hydroxyl groups is 1. The third-order valence-corrected chi connectivity index (χ3v) is 9.14. The quantitative estimate of drug-likeness (QED) is 0.284. The molecule has 1 aromatic rings. The molecule has 1 N–H and O–H groups in total. The van der Waals surface area contributed by atoms with Crippen LogP contribution in [0.15, 0.2) is 48.1 Å². The van der Waals surface area contributed by atoms with Gasteiger partial charge in [0.1, 0.15) is 5.60 Å². The molecule has 1 aromatic carbocycles. The van der Waals surface area contributed by atoms with E-state index in [1.165, 1.54) is 11.6 Å². The van der Waals surface area contributed by atoms with Crippen LogP contribution in [0.25, 0.3) is 6.08 Å². The lowest BCUT2D eigenvalue weighted by molar-refractivity contribution is -0.160. The van der Waals surface area contributed by atoms with Crippen molar-refractivity contribution in [2.45, 2.75) is 83.7 Å². The van der Waals surface area contributed by atoms with Crippen molar-refractivity contribution in [3.8, 4) is 0 Å². The zero-order valence-corrected chi connectivity index (χ0v) is 20.6. The normalized spacial score (nSPS) is 43.5. The maximum Gasteiger partial charge on any atom is 0.331 e. The minimum atomic E-state index is -0.751. The van der Waals surface area contributed by atoms with Gasteiger partial charge in [-0.1, -0.05) is 62.8 Å². The van der Waals surface area contributed by atoms with Crippen LogP contribution >= 0.6 is 0 Å². The number of esters is 1. The molecular weight excluding hydrogens is 412 g/mol. The summed E-state index contributed by atoms with van der Waals surface area (Å²) < 4.78 is 12.7. The van der Waals surface area contributed by atoms with Gasteiger partial charge in [0.2, 0.25) is 0 Å². The maximum absolute atomic E-state index is 13.1. The first-order valence-corrected chi connectivity index (χ1v) is 12.5. The molecule has 1 heterocycles. The number of carbonyl (C=O) groups is 1. The number of hydrogen-bond donors (Lipinski definition) is 1. The topological polar surface area (TPSA) is 59.1 Å². The van der Waals surface area contributed by atoms with E-state index in [-0.39, 0.29) is 29.5 Å². The van der Waals surface area contributed by atoms with Crippen LogP contribution in [-0.2, 0) is 14.3 Å². The number of carbonyl (C=O) groups excluding carboxylic acids is 1. The van der Waals surface area contributed by atoms with Crippen molar-refractivity contribution in [1.29, 1.82) is 0 Å². The Balaban J connectivity index is 1.47. The summed E-state index contributed by atoms with van der Waals surface area (Å²) in [6.45, 7) is 11.1. The monoisotopic (exact) mass is 450 g/mol. The lowest BCUT2D eigenvalue weighted by atomic mass is 9.78. The molecule has 1 aliphatic heterocycles. The second kappa shape index (κ2) is 7.81.